The van der Waals surface area contributed by atoms with E-state index >= 15 is 0 Å². The average molecular weight is 604 g/mol. The molecule has 1 heterocycles. The molecule has 4 rings (SSSR count). The number of carbonyl (C=O) groups is 2. The molecule has 1 aliphatic rings. The van der Waals surface area contributed by atoms with Gasteiger partial charge in [-0.15, -0.1) is 0 Å². The van der Waals surface area contributed by atoms with Crippen LogP contribution in [0.15, 0.2) is 76.1 Å². The number of benzene rings is 3. The number of hydrogen-bond donors (Lipinski definition) is 1. The Morgan fingerprint density at radius 1 is 1.14 bits per heavy atom. The summed E-state index contributed by atoms with van der Waals surface area (Å²) >= 11 is 16.2. The molecule has 184 valence electrons. The number of thioether (sulfide) groups is 1. The summed E-state index contributed by atoms with van der Waals surface area (Å²) in [4.78, 5) is 25.9. The largest absolute Gasteiger partial charge is 0.490 e. The van der Waals surface area contributed by atoms with Gasteiger partial charge in [-0.25, -0.2) is 0 Å². The van der Waals surface area contributed by atoms with Gasteiger partial charge in [0.1, 0.15) is 6.61 Å². The Labute approximate surface area is 231 Å². The quantitative estimate of drug-likeness (QED) is 0.230. The number of carbonyl (C=O) groups excluding carboxylic acids is 2. The molecule has 0 unspecified atom stereocenters. The molecule has 1 fully saturated rings. The van der Waals surface area contributed by atoms with Gasteiger partial charge in [-0.2, -0.15) is 5.01 Å². The molecule has 0 radical (unpaired) electrons. The number of thiocarbonyl (C=S) groups is 1. The van der Waals surface area contributed by atoms with Crippen molar-refractivity contribution in [3.8, 4) is 11.5 Å². The van der Waals surface area contributed by atoms with Gasteiger partial charge in [0.15, 0.2) is 15.8 Å². The molecular formula is C26H20BrClN2O4S2. The van der Waals surface area contributed by atoms with Crippen LogP contribution in [0.4, 0.5) is 0 Å². The van der Waals surface area contributed by atoms with E-state index in [4.69, 9.17) is 33.3 Å². The van der Waals surface area contributed by atoms with Crippen LogP contribution in [0, 0.1) is 0 Å². The number of rotatable bonds is 8. The molecule has 3 aromatic carbocycles. The van der Waals surface area contributed by atoms with Gasteiger partial charge in [0.2, 0.25) is 0 Å². The Hall–Kier alpha value is -2.85. The summed E-state index contributed by atoms with van der Waals surface area (Å²) in [7, 11) is 0. The first kappa shape index (κ1) is 26.2. The standard InChI is InChI=1S/C26H20BrClN2O4S2/c1-2-33-21-13-16(12-19(27)23(21)34-15-18-10-6-7-11-20(18)28)14-22-25(32)30(26(35)36-22)29-24(31)17-8-4-3-5-9-17/h3-14H,2,15H2,1H3,(H,29,31)/b22-14-. The Bertz CT molecular complexity index is 1350. The van der Waals surface area contributed by atoms with Gasteiger partial charge in [0.25, 0.3) is 11.8 Å². The summed E-state index contributed by atoms with van der Waals surface area (Å²) in [6.45, 7) is 2.56. The van der Waals surface area contributed by atoms with Gasteiger partial charge in [-0.3, -0.25) is 15.0 Å². The topological polar surface area (TPSA) is 67.9 Å². The highest BCUT2D eigenvalue weighted by atomic mass is 79.9. The fraction of sp³-hybridized carbons (Fsp3) is 0.115. The summed E-state index contributed by atoms with van der Waals surface area (Å²) in [5.74, 6) is 0.201. The van der Waals surface area contributed by atoms with Crippen LogP contribution in [0.3, 0.4) is 0 Å². The first-order chi connectivity index (χ1) is 17.4. The van der Waals surface area contributed by atoms with Crippen LogP contribution in [-0.4, -0.2) is 27.8 Å². The number of hydrazine groups is 1. The van der Waals surface area contributed by atoms with Crippen molar-refractivity contribution in [1.82, 2.24) is 10.4 Å². The molecule has 0 atom stereocenters. The SMILES string of the molecule is CCOc1cc(/C=C2\SC(=S)N(NC(=O)c3ccccc3)C2=O)cc(Br)c1OCc1ccccc1Cl. The van der Waals surface area contributed by atoms with Crippen LogP contribution < -0.4 is 14.9 Å². The van der Waals surface area contributed by atoms with Gasteiger partial charge >= 0.3 is 0 Å². The highest BCUT2D eigenvalue weighted by Crippen LogP contribution is 2.40. The van der Waals surface area contributed by atoms with E-state index in [0.29, 0.717) is 43.6 Å². The van der Waals surface area contributed by atoms with E-state index in [1.807, 2.05) is 31.2 Å². The van der Waals surface area contributed by atoms with Crippen LogP contribution in [-0.2, 0) is 11.4 Å². The number of amides is 2. The van der Waals surface area contributed by atoms with Crippen molar-refractivity contribution in [2.24, 2.45) is 0 Å². The number of nitrogens with zero attached hydrogens (tertiary/aromatic N) is 1. The second kappa shape index (κ2) is 11.9. The molecule has 2 amide bonds. The van der Waals surface area contributed by atoms with Crippen LogP contribution in [0.1, 0.15) is 28.4 Å². The van der Waals surface area contributed by atoms with Crippen molar-refractivity contribution >= 4 is 73.7 Å². The Morgan fingerprint density at radius 3 is 2.58 bits per heavy atom. The lowest BCUT2D eigenvalue weighted by Crippen LogP contribution is -2.44. The molecule has 1 saturated heterocycles. The average Bonchev–Trinajstić information content (AvgIpc) is 3.12. The van der Waals surface area contributed by atoms with E-state index in [2.05, 4.69) is 21.4 Å². The monoisotopic (exact) mass is 602 g/mol. The molecule has 0 aromatic heterocycles. The number of hydrogen-bond acceptors (Lipinski definition) is 6. The van der Waals surface area contributed by atoms with Crippen LogP contribution in [0.25, 0.3) is 6.08 Å². The van der Waals surface area contributed by atoms with E-state index < -0.39 is 11.8 Å². The minimum atomic E-state index is -0.422. The van der Waals surface area contributed by atoms with E-state index in [0.717, 1.165) is 22.3 Å². The van der Waals surface area contributed by atoms with E-state index in [1.165, 1.54) is 0 Å². The molecule has 3 aromatic rings. The Kier molecular flexibility index (Phi) is 8.68. The van der Waals surface area contributed by atoms with E-state index in [1.54, 1.807) is 48.5 Å². The highest BCUT2D eigenvalue weighted by molar-refractivity contribution is 9.10. The van der Waals surface area contributed by atoms with Gasteiger partial charge in [0.05, 0.1) is 16.0 Å². The maximum Gasteiger partial charge on any atom is 0.285 e. The molecule has 6 nitrogen and oxygen atoms in total. The zero-order valence-electron chi connectivity index (χ0n) is 19.0. The summed E-state index contributed by atoms with van der Waals surface area (Å²) in [5, 5.41) is 1.70. The fourth-order valence-electron chi connectivity index (χ4n) is 3.31. The van der Waals surface area contributed by atoms with Crippen molar-refractivity contribution in [1.29, 1.82) is 0 Å². The predicted molar refractivity (Wildman–Crippen MR) is 150 cm³/mol. The maximum atomic E-state index is 13.0. The summed E-state index contributed by atoms with van der Waals surface area (Å²) in [5.41, 5.74) is 4.55. The van der Waals surface area contributed by atoms with E-state index in [9.17, 15) is 9.59 Å². The maximum absolute atomic E-state index is 13.0. The third kappa shape index (κ3) is 6.10. The number of halogens is 2. The first-order valence-electron chi connectivity index (χ1n) is 10.8. The van der Waals surface area contributed by atoms with Gasteiger partial charge < -0.3 is 9.47 Å². The molecule has 36 heavy (non-hydrogen) atoms. The van der Waals surface area contributed by atoms with Gasteiger partial charge in [-0.1, -0.05) is 59.8 Å². The lowest BCUT2D eigenvalue weighted by Gasteiger charge is -2.16. The van der Waals surface area contributed by atoms with Crippen molar-refractivity contribution in [3.63, 3.8) is 0 Å². The Morgan fingerprint density at radius 2 is 1.86 bits per heavy atom. The minimum absolute atomic E-state index is 0.235. The minimum Gasteiger partial charge on any atom is -0.490 e. The van der Waals surface area contributed by atoms with Crippen LogP contribution >= 0.6 is 51.5 Å². The summed E-state index contributed by atoms with van der Waals surface area (Å²) in [6, 6.07) is 19.7. The van der Waals surface area contributed by atoms with E-state index in [-0.39, 0.29) is 10.9 Å². The second-order valence-corrected chi connectivity index (χ2v) is 10.4. The molecule has 0 saturated carbocycles. The van der Waals surface area contributed by atoms with Crippen molar-refractivity contribution in [2.75, 3.05) is 6.61 Å². The van der Waals surface area contributed by atoms with Crippen molar-refractivity contribution in [2.45, 2.75) is 13.5 Å². The third-order valence-corrected chi connectivity index (χ3v) is 7.26. The summed E-state index contributed by atoms with van der Waals surface area (Å²) < 4.78 is 12.7. The zero-order chi connectivity index (χ0) is 25.7. The summed E-state index contributed by atoms with van der Waals surface area (Å²) in [6.07, 6.45) is 1.69. The van der Waals surface area contributed by atoms with Gasteiger partial charge in [0, 0.05) is 16.1 Å². The zero-order valence-corrected chi connectivity index (χ0v) is 23.0. The smallest absolute Gasteiger partial charge is 0.285 e. The molecule has 0 spiro atoms. The Balaban J connectivity index is 1.54. The van der Waals surface area contributed by atoms with Crippen LogP contribution in [0.5, 0.6) is 11.5 Å². The third-order valence-electron chi connectivity index (χ3n) is 5.00. The highest BCUT2D eigenvalue weighted by Gasteiger charge is 2.34. The normalized spacial score (nSPS) is 14.3. The fourth-order valence-corrected chi connectivity index (χ4v) is 5.25. The lowest BCUT2D eigenvalue weighted by atomic mass is 10.1. The molecule has 1 aliphatic heterocycles. The molecule has 0 bridgehead atoms. The lowest BCUT2D eigenvalue weighted by molar-refractivity contribution is -0.123. The number of nitrogens with one attached hydrogen (secondary N) is 1. The molecule has 10 heteroatoms. The number of ether oxygens (including phenoxy) is 2. The molecule has 1 N–H and O–H groups in total. The van der Waals surface area contributed by atoms with Crippen molar-refractivity contribution in [3.05, 3.63) is 97.8 Å². The molecular weight excluding hydrogens is 584 g/mol. The first-order valence-corrected chi connectivity index (χ1v) is 13.2. The molecule has 0 aliphatic carbocycles. The predicted octanol–water partition coefficient (Wildman–Crippen LogP) is 6.63. The van der Waals surface area contributed by atoms with Crippen molar-refractivity contribution < 1.29 is 19.1 Å². The van der Waals surface area contributed by atoms with Gasteiger partial charge in [-0.05, 0) is 77.0 Å². The van der Waals surface area contributed by atoms with Crippen LogP contribution in [0.2, 0.25) is 5.02 Å². The second-order valence-electron chi connectivity index (χ2n) is 7.47.